The fraction of sp³-hybridized carbons (Fsp3) is 0.867. The van der Waals surface area contributed by atoms with Gasteiger partial charge in [0.2, 0.25) is 11.8 Å². The van der Waals surface area contributed by atoms with E-state index in [2.05, 4.69) is 10.2 Å². The summed E-state index contributed by atoms with van der Waals surface area (Å²) >= 11 is 0. The van der Waals surface area contributed by atoms with Gasteiger partial charge in [0.15, 0.2) is 0 Å². The Balaban J connectivity index is 1.78. The number of amides is 2. The highest BCUT2D eigenvalue weighted by Gasteiger charge is 2.35. The van der Waals surface area contributed by atoms with Crippen LogP contribution < -0.4 is 5.32 Å². The maximum Gasteiger partial charge on any atom is 0.225 e. The van der Waals surface area contributed by atoms with Crippen LogP contribution in [0.4, 0.5) is 0 Å². The standard InChI is InChI=1S/C15H27N3O3/c1-15(2,3)16-14(20)12-10-13(19)18(11-12)5-4-17-6-8-21-9-7-17/h12H,4-11H2,1-3H3,(H,16,20). The number of carbonyl (C=O) groups is 2. The predicted molar refractivity (Wildman–Crippen MR) is 79.8 cm³/mol. The first-order chi connectivity index (χ1) is 9.85. The van der Waals surface area contributed by atoms with Crippen molar-refractivity contribution in [1.29, 1.82) is 0 Å². The largest absolute Gasteiger partial charge is 0.379 e. The molecule has 0 spiro atoms. The lowest BCUT2D eigenvalue weighted by Crippen LogP contribution is -2.45. The lowest BCUT2D eigenvalue weighted by Gasteiger charge is -2.28. The molecule has 2 aliphatic heterocycles. The zero-order valence-corrected chi connectivity index (χ0v) is 13.4. The van der Waals surface area contributed by atoms with E-state index in [-0.39, 0.29) is 23.3 Å². The second kappa shape index (κ2) is 6.75. The first-order valence-corrected chi connectivity index (χ1v) is 7.75. The number of likely N-dealkylation sites (tertiary alicyclic amines) is 1. The Morgan fingerprint density at radius 2 is 1.95 bits per heavy atom. The number of nitrogens with one attached hydrogen (secondary N) is 1. The zero-order chi connectivity index (χ0) is 15.5. The Bertz CT molecular complexity index is 386. The maximum atomic E-state index is 12.1. The van der Waals surface area contributed by atoms with E-state index < -0.39 is 0 Å². The molecule has 21 heavy (non-hydrogen) atoms. The van der Waals surface area contributed by atoms with Gasteiger partial charge in [-0.15, -0.1) is 0 Å². The Kier molecular flexibility index (Phi) is 5.22. The summed E-state index contributed by atoms with van der Waals surface area (Å²) in [6.07, 6.45) is 0.338. The smallest absolute Gasteiger partial charge is 0.225 e. The predicted octanol–water partition coefficient (Wildman–Crippen LogP) is 0.0818. The summed E-state index contributed by atoms with van der Waals surface area (Å²) < 4.78 is 5.31. The molecule has 1 N–H and O–H groups in total. The quantitative estimate of drug-likeness (QED) is 0.798. The summed E-state index contributed by atoms with van der Waals surface area (Å²) in [6.45, 7) is 11.4. The molecule has 2 saturated heterocycles. The monoisotopic (exact) mass is 297 g/mol. The molecular weight excluding hydrogens is 270 g/mol. The van der Waals surface area contributed by atoms with Gasteiger partial charge in [0.25, 0.3) is 0 Å². The highest BCUT2D eigenvalue weighted by atomic mass is 16.5. The molecule has 1 atom stereocenters. The van der Waals surface area contributed by atoms with Gasteiger partial charge in [-0.2, -0.15) is 0 Å². The average molecular weight is 297 g/mol. The highest BCUT2D eigenvalue weighted by molar-refractivity contribution is 5.89. The van der Waals surface area contributed by atoms with Crippen molar-refractivity contribution < 1.29 is 14.3 Å². The lowest BCUT2D eigenvalue weighted by atomic mass is 10.0. The second-order valence-corrected chi connectivity index (χ2v) is 6.93. The third-order valence-electron chi connectivity index (χ3n) is 3.87. The number of ether oxygens (including phenoxy) is 1. The SMILES string of the molecule is CC(C)(C)NC(=O)C1CC(=O)N(CCN2CCOCC2)C1. The summed E-state index contributed by atoms with van der Waals surface area (Å²) in [6, 6.07) is 0. The van der Waals surface area contributed by atoms with Crippen LogP contribution in [0.15, 0.2) is 0 Å². The molecule has 0 saturated carbocycles. The molecule has 2 amide bonds. The molecule has 0 aromatic heterocycles. The lowest BCUT2D eigenvalue weighted by molar-refractivity contribution is -0.129. The van der Waals surface area contributed by atoms with E-state index in [1.54, 1.807) is 0 Å². The minimum absolute atomic E-state index is 0.00952. The number of rotatable bonds is 4. The molecule has 2 heterocycles. The van der Waals surface area contributed by atoms with Gasteiger partial charge in [-0.25, -0.2) is 0 Å². The van der Waals surface area contributed by atoms with Crippen LogP contribution in [-0.2, 0) is 14.3 Å². The molecule has 0 radical (unpaired) electrons. The van der Waals surface area contributed by atoms with Gasteiger partial charge in [0.05, 0.1) is 19.1 Å². The van der Waals surface area contributed by atoms with Crippen molar-refractivity contribution in [2.45, 2.75) is 32.7 Å². The highest BCUT2D eigenvalue weighted by Crippen LogP contribution is 2.19. The van der Waals surface area contributed by atoms with Crippen LogP contribution in [0.3, 0.4) is 0 Å². The van der Waals surface area contributed by atoms with Gasteiger partial charge in [-0.3, -0.25) is 14.5 Å². The van der Waals surface area contributed by atoms with Crippen LogP contribution in [0.1, 0.15) is 27.2 Å². The van der Waals surface area contributed by atoms with Gasteiger partial charge >= 0.3 is 0 Å². The molecule has 6 nitrogen and oxygen atoms in total. The number of nitrogens with zero attached hydrogens (tertiary/aromatic N) is 2. The molecule has 2 fully saturated rings. The molecule has 2 rings (SSSR count). The van der Waals surface area contributed by atoms with Crippen molar-refractivity contribution in [3.63, 3.8) is 0 Å². The summed E-state index contributed by atoms with van der Waals surface area (Å²) in [5, 5.41) is 2.96. The third-order valence-corrected chi connectivity index (χ3v) is 3.87. The van der Waals surface area contributed by atoms with E-state index in [9.17, 15) is 9.59 Å². The maximum absolute atomic E-state index is 12.1. The summed E-state index contributed by atoms with van der Waals surface area (Å²) in [5.74, 6) is -0.122. The number of morpholine rings is 1. The van der Waals surface area contributed by atoms with Crippen LogP contribution in [0.25, 0.3) is 0 Å². The minimum atomic E-state index is -0.249. The normalized spacial score (nSPS) is 24.4. The molecule has 0 aromatic carbocycles. The van der Waals surface area contributed by atoms with Crippen LogP contribution >= 0.6 is 0 Å². The molecule has 120 valence electrons. The fourth-order valence-corrected chi connectivity index (χ4v) is 2.72. The van der Waals surface area contributed by atoms with Crippen molar-refractivity contribution in [3.05, 3.63) is 0 Å². The first-order valence-electron chi connectivity index (χ1n) is 7.75. The molecule has 0 bridgehead atoms. The van der Waals surface area contributed by atoms with Crippen LogP contribution in [0, 0.1) is 5.92 Å². The van der Waals surface area contributed by atoms with E-state index >= 15 is 0 Å². The van der Waals surface area contributed by atoms with Crippen LogP contribution in [0.5, 0.6) is 0 Å². The van der Waals surface area contributed by atoms with Crippen LogP contribution in [-0.4, -0.2) is 73.1 Å². The average Bonchev–Trinajstić information content (AvgIpc) is 2.77. The summed E-state index contributed by atoms with van der Waals surface area (Å²) in [5.41, 5.74) is -0.249. The number of hydrogen-bond donors (Lipinski definition) is 1. The van der Waals surface area contributed by atoms with Gasteiger partial charge in [0, 0.05) is 44.7 Å². The van der Waals surface area contributed by atoms with Gasteiger partial charge in [-0.05, 0) is 20.8 Å². The Morgan fingerprint density at radius 1 is 1.29 bits per heavy atom. The number of hydrogen-bond acceptors (Lipinski definition) is 4. The summed E-state index contributed by atoms with van der Waals surface area (Å²) in [7, 11) is 0. The van der Waals surface area contributed by atoms with Crippen LogP contribution in [0.2, 0.25) is 0 Å². The van der Waals surface area contributed by atoms with E-state index in [0.29, 0.717) is 19.5 Å². The van der Waals surface area contributed by atoms with E-state index in [1.165, 1.54) is 0 Å². The van der Waals surface area contributed by atoms with Crippen molar-refractivity contribution in [1.82, 2.24) is 15.1 Å². The first kappa shape index (κ1) is 16.2. The van der Waals surface area contributed by atoms with E-state index in [1.807, 2.05) is 25.7 Å². The van der Waals surface area contributed by atoms with Gasteiger partial charge in [0.1, 0.15) is 0 Å². The Labute approximate surface area is 126 Å². The molecule has 1 unspecified atom stereocenters. The molecule has 0 aliphatic carbocycles. The van der Waals surface area contributed by atoms with Crippen molar-refractivity contribution in [3.8, 4) is 0 Å². The minimum Gasteiger partial charge on any atom is -0.379 e. The van der Waals surface area contributed by atoms with Gasteiger partial charge < -0.3 is 15.0 Å². The van der Waals surface area contributed by atoms with Crippen molar-refractivity contribution in [2.75, 3.05) is 45.9 Å². The third kappa shape index (κ3) is 4.97. The van der Waals surface area contributed by atoms with Crippen molar-refractivity contribution >= 4 is 11.8 Å². The molecular formula is C15H27N3O3. The Hall–Kier alpha value is -1.14. The topological polar surface area (TPSA) is 61.9 Å². The second-order valence-electron chi connectivity index (χ2n) is 6.93. The Morgan fingerprint density at radius 3 is 2.57 bits per heavy atom. The zero-order valence-electron chi connectivity index (χ0n) is 13.4. The number of carbonyl (C=O) groups excluding carboxylic acids is 2. The molecule has 0 aromatic rings. The fourth-order valence-electron chi connectivity index (χ4n) is 2.72. The van der Waals surface area contributed by atoms with Crippen molar-refractivity contribution in [2.24, 2.45) is 5.92 Å². The molecule has 2 aliphatic rings. The van der Waals surface area contributed by atoms with Gasteiger partial charge in [-0.1, -0.05) is 0 Å². The van der Waals surface area contributed by atoms with E-state index in [0.717, 1.165) is 32.8 Å². The molecule has 6 heteroatoms. The summed E-state index contributed by atoms with van der Waals surface area (Å²) in [4.78, 5) is 28.3. The van der Waals surface area contributed by atoms with E-state index in [4.69, 9.17) is 4.74 Å².